The zero-order valence-electron chi connectivity index (χ0n) is 15.7. The Morgan fingerprint density at radius 2 is 2.04 bits per heavy atom. The highest BCUT2D eigenvalue weighted by molar-refractivity contribution is 5.94. The fourth-order valence-electron chi connectivity index (χ4n) is 4.03. The first kappa shape index (κ1) is 18.2. The molecule has 5 heteroatoms. The maximum atomic E-state index is 13.2. The molecule has 2 heterocycles. The summed E-state index contributed by atoms with van der Waals surface area (Å²) in [7, 11) is 1.77. The molecule has 0 unspecified atom stereocenters. The van der Waals surface area contributed by atoms with E-state index in [9.17, 15) is 9.59 Å². The van der Waals surface area contributed by atoms with Crippen LogP contribution in [0.15, 0.2) is 10.9 Å². The summed E-state index contributed by atoms with van der Waals surface area (Å²) in [5.74, 6) is 0.443. The molecule has 0 bridgehead atoms. The van der Waals surface area contributed by atoms with Gasteiger partial charge in [0.1, 0.15) is 5.56 Å². The Hall–Kier alpha value is -1.62. The van der Waals surface area contributed by atoms with Gasteiger partial charge in [0.2, 0.25) is 0 Å². The summed E-state index contributed by atoms with van der Waals surface area (Å²) >= 11 is 0. The molecule has 5 nitrogen and oxygen atoms in total. The Kier molecular flexibility index (Phi) is 5.62. The standard InChI is InChI=1S/C20H30N2O3/c1-4-18-14(2)11-17(19(23)21(18)3)20(24)22(12-15-7-5-8-15)13-16-9-6-10-25-16/h11,15-16H,4-10,12-13H2,1-3H3/t16-/m1/s1. The van der Waals surface area contributed by atoms with Crippen molar-refractivity contribution in [3.8, 4) is 0 Å². The third kappa shape index (κ3) is 3.81. The molecule has 0 aromatic carbocycles. The Balaban J connectivity index is 1.86. The van der Waals surface area contributed by atoms with Crippen molar-refractivity contribution in [3.05, 3.63) is 33.2 Å². The maximum absolute atomic E-state index is 13.2. The van der Waals surface area contributed by atoms with E-state index in [2.05, 4.69) is 0 Å². The predicted octanol–water partition coefficient (Wildman–Crippen LogP) is 2.68. The van der Waals surface area contributed by atoms with E-state index in [4.69, 9.17) is 4.74 Å². The zero-order chi connectivity index (χ0) is 18.0. The molecule has 1 saturated heterocycles. The lowest BCUT2D eigenvalue weighted by atomic mass is 9.85. The van der Waals surface area contributed by atoms with Crippen LogP contribution in [-0.4, -0.2) is 41.2 Å². The molecule has 2 aliphatic rings. The van der Waals surface area contributed by atoms with Crippen molar-refractivity contribution in [1.29, 1.82) is 0 Å². The molecule has 1 saturated carbocycles. The molecule has 3 rings (SSSR count). The highest BCUT2D eigenvalue weighted by Gasteiger charge is 2.29. The minimum Gasteiger partial charge on any atom is -0.376 e. The van der Waals surface area contributed by atoms with Gasteiger partial charge in [-0.3, -0.25) is 9.59 Å². The number of hydrogen-bond donors (Lipinski definition) is 0. The van der Waals surface area contributed by atoms with Crippen LogP contribution in [0.2, 0.25) is 0 Å². The smallest absolute Gasteiger partial charge is 0.263 e. The number of rotatable bonds is 6. The Morgan fingerprint density at radius 3 is 2.60 bits per heavy atom. The molecule has 0 spiro atoms. The Labute approximate surface area is 150 Å². The van der Waals surface area contributed by atoms with E-state index < -0.39 is 0 Å². The Bertz CT molecular complexity index is 685. The first-order valence-electron chi connectivity index (χ1n) is 9.61. The molecule has 1 aromatic heterocycles. The summed E-state index contributed by atoms with van der Waals surface area (Å²) in [5, 5.41) is 0. The zero-order valence-corrected chi connectivity index (χ0v) is 15.7. The van der Waals surface area contributed by atoms with Crippen LogP contribution >= 0.6 is 0 Å². The number of pyridine rings is 1. The lowest BCUT2D eigenvalue weighted by Crippen LogP contribution is -2.44. The third-order valence-electron chi connectivity index (χ3n) is 5.76. The molecule has 1 aliphatic carbocycles. The van der Waals surface area contributed by atoms with E-state index in [1.165, 1.54) is 19.3 Å². The summed E-state index contributed by atoms with van der Waals surface area (Å²) in [4.78, 5) is 27.8. The first-order chi connectivity index (χ1) is 12.0. The largest absolute Gasteiger partial charge is 0.376 e. The average molecular weight is 346 g/mol. The monoisotopic (exact) mass is 346 g/mol. The molecule has 1 aliphatic heterocycles. The highest BCUT2D eigenvalue weighted by Crippen LogP contribution is 2.28. The van der Waals surface area contributed by atoms with Crippen LogP contribution in [0.5, 0.6) is 0 Å². The normalized spacial score (nSPS) is 20.5. The highest BCUT2D eigenvalue weighted by atomic mass is 16.5. The van der Waals surface area contributed by atoms with Crippen LogP contribution in [0.4, 0.5) is 0 Å². The average Bonchev–Trinajstić information content (AvgIpc) is 3.06. The number of ether oxygens (including phenoxy) is 1. The number of carbonyl (C=O) groups is 1. The number of aryl methyl sites for hydroxylation is 1. The van der Waals surface area contributed by atoms with Crippen molar-refractivity contribution in [2.75, 3.05) is 19.7 Å². The van der Waals surface area contributed by atoms with Gasteiger partial charge in [-0.1, -0.05) is 13.3 Å². The number of nitrogens with zero attached hydrogens (tertiary/aromatic N) is 2. The molecule has 1 amide bonds. The van der Waals surface area contributed by atoms with Gasteiger partial charge in [-0.05, 0) is 56.6 Å². The fourth-order valence-corrected chi connectivity index (χ4v) is 4.03. The summed E-state index contributed by atoms with van der Waals surface area (Å²) in [6.07, 6.45) is 6.57. The van der Waals surface area contributed by atoms with E-state index in [1.807, 2.05) is 18.7 Å². The van der Waals surface area contributed by atoms with Gasteiger partial charge >= 0.3 is 0 Å². The van der Waals surface area contributed by atoms with Crippen molar-refractivity contribution >= 4 is 5.91 Å². The molecular weight excluding hydrogens is 316 g/mol. The minimum atomic E-state index is -0.182. The lowest BCUT2D eigenvalue weighted by Gasteiger charge is -2.33. The fraction of sp³-hybridized carbons (Fsp3) is 0.700. The van der Waals surface area contributed by atoms with Crippen LogP contribution in [0.1, 0.15) is 60.6 Å². The quantitative estimate of drug-likeness (QED) is 0.796. The summed E-state index contributed by atoms with van der Waals surface area (Å²) in [6.45, 7) is 6.14. The second kappa shape index (κ2) is 7.73. The van der Waals surface area contributed by atoms with Gasteiger partial charge in [0.25, 0.3) is 11.5 Å². The molecule has 25 heavy (non-hydrogen) atoms. The van der Waals surface area contributed by atoms with Gasteiger partial charge in [-0.15, -0.1) is 0 Å². The molecule has 138 valence electrons. The van der Waals surface area contributed by atoms with Gasteiger partial charge < -0.3 is 14.2 Å². The van der Waals surface area contributed by atoms with E-state index in [1.54, 1.807) is 17.7 Å². The number of aromatic nitrogens is 1. The molecule has 0 N–H and O–H groups in total. The van der Waals surface area contributed by atoms with Crippen molar-refractivity contribution in [1.82, 2.24) is 9.47 Å². The second-order valence-electron chi connectivity index (χ2n) is 7.55. The second-order valence-corrected chi connectivity index (χ2v) is 7.55. The van der Waals surface area contributed by atoms with Crippen molar-refractivity contribution < 1.29 is 9.53 Å². The van der Waals surface area contributed by atoms with E-state index in [0.29, 0.717) is 18.0 Å². The van der Waals surface area contributed by atoms with Crippen LogP contribution < -0.4 is 5.56 Å². The van der Waals surface area contributed by atoms with E-state index >= 15 is 0 Å². The number of carbonyl (C=O) groups excluding carboxylic acids is 1. The first-order valence-corrected chi connectivity index (χ1v) is 9.61. The van der Waals surface area contributed by atoms with Crippen LogP contribution in [0.3, 0.4) is 0 Å². The SMILES string of the molecule is CCc1c(C)cc(C(=O)N(CC2CCC2)C[C@H]2CCCO2)c(=O)n1C. The summed E-state index contributed by atoms with van der Waals surface area (Å²) in [6, 6.07) is 1.78. The topological polar surface area (TPSA) is 51.5 Å². The van der Waals surface area contributed by atoms with Crippen molar-refractivity contribution in [2.45, 2.75) is 58.5 Å². The summed E-state index contributed by atoms with van der Waals surface area (Å²) < 4.78 is 7.37. The predicted molar refractivity (Wildman–Crippen MR) is 98.0 cm³/mol. The third-order valence-corrected chi connectivity index (χ3v) is 5.76. The molecule has 1 aromatic rings. The number of hydrogen-bond acceptors (Lipinski definition) is 3. The van der Waals surface area contributed by atoms with Crippen LogP contribution in [0, 0.1) is 12.8 Å². The lowest BCUT2D eigenvalue weighted by molar-refractivity contribution is 0.0446. The van der Waals surface area contributed by atoms with Gasteiger partial charge in [0, 0.05) is 32.4 Å². The van der Waals surface area contributed by atoms with Crippen molar-refractivity contribution in [2.24, 2.45) is 13.0 Å². The minimum absolute atomic E-state index is 0.115. The Morgan fingerprint density at radius 1 is 1.28 bits per heavy atom. The number of amides is 1. The molecular formula is C20H30N2O3. The van der Waals surface area contributed by atoms with Crippen LogP contribution in [-0.2, 0) is 18.2 Å². The van der Waals surface area contributed by atoms with E-state index in [-0.39, 0.29) is 17.6 Å². The van der Waals surface area contributed by atoms with E-state index in [0.717, 1.165) is 43.7 Å². The van der Waals surface area contributed by atoms with Gasteiger partial charge in [-0.25, -0.2) is 0 Å². The van der Waals surface area contributed by atoms with Crippen molar-refractivity contribution in [3.63, 3.8) is 0 Å². The van der Waals surface area contributed by atoms with Crippen LogP contribution in [0.25, 0.3) is 0 Å². The molecule has 0 radical (unpaired) electrons. The molecule has 2 fully saturated rings. The van der Waals surface area contributed by atoms with Gasteiger partial charge in [0.15, 0.2) is 0 Å². The maximum Gasteiger partial charge on any atom is 0.263 e. The summed E-state index contributed by atoms with van der Waals surface area (Å²) in [5.41, 5.74) is 2.12. The van der Waals surface area contributed by atoms with Gasteiger partial charge in [0.05, 0.1) is 6.10 Å². The van der Waals surface area contributed by atoms with Gasteiger partial charge in [-0.2, -0.15) is 0 Å². The molecule has 1 atom stereocenters.